The smallest absolute Gasteiger partial charge is 0.269 e. The van der Waals surface area contributed by atoms with Crippen molar-refractivity contribution < 1.29 is 14.5 Å². The first-order chi connectivity index (χ1) is 18.3. The van der Waals surface area contributed by atoms with Gasteiger partial charge in [0.1, 0.15) is 5.69 Å². The first-order valence-corrected chi connectivity index (χ1v) is 12.0. The first-order valence-electron chi connectivity index (χ1n) is 11.3. The zero-order valence-electron chi connectivity index (χ0n) is 19.4. The van der Waals surface area contributed by atoms with Crippen LogP contribution in [0.25, 0.3) is 0 Å². The van der Waals surface area contributed by atoms with E-state index in [2.05, 4.69) is 10.2 Å². The van der Waals surface area contributed by atoms with Gasteiger partial charge in [0.15, 0.2) is 0 Å². The quantitative estimate of drug-likeness (QED) is 0.114. The number of hydrazine groups is 1. The van der Waals surface area contributed by atoms with Crippen LogP contribution >= 0.6 is 23.2 Å². The van der Waals surface area contributed by atoms with Crippen molar-refractivity contribution in [2.75, 3.05) is 10.0 Å². The molecule has 4 aromatic rings. The molecular formula is C27H17Cl2N5O4. The molecule has 38 heavy (non-hydrogen) atoms. The van der Waals surface area contributed by atoms with Crippen molar-refractivity contribution >= 4 is 57.8 Å². The molecule has 0 atom stereocenters. The van der Waals surface area contributed by atoms with Crippen LogP contribution in [0.1, 0.15) is 5.56 Å². The second kappa shape index (κ2) is 10.0. The molecule has 1 fully saturated rings. The van der Waals surface area contributed by atoms with Gasteiger partial charge in [-0.15, -0.1) is 0 Å². The predicted molar refractivity (Wildman–Crippen MR) is 144 cm³/mol. The fourth-order valence-corrected chi connectivity index (χ4v) is 4.68. The molecule has 0 unspecified atom stereocenters. The number of amides is 2. The summed E-state index contributed by atoms with van der Waals surface area (Å²) in [5.41, 5.74) is -1.44. The molecule has 2 amide bonds. The Morgan fingerprint density at radius 3 is 1.55 bits per heavy atom. The summed E-state index contributed by atoms with van der Waals surface area (Å²) in [7, 11) is 0. The van der Waals surface area contributed by atoms with Gasteiger partial charge in [0.25, 0.3) is 23.0 Å². The van der Waals surface area contributed by atoms with Crippen LogP contribution in [-0.4, -0.2) is 16.7 Å². The lowest BCUT2D eigenvalue weighted by molar-refractivity contribution is -0.384. The highest BCUT2D eigenvalue weighted by atomic mass is 35.5. The third-order valence-corrected chi connectivity index (χ3v) is 6.49. The van der Waals surface area contributed by atoms with Crippen LogP contribution in [0.3, 0.4) is 0 Å². The molecule has 188 valence electrons. The van der Waals surface area contributed by atoms with Crippen molar-refractivity contribution in [1.29, 1.82) is 0 Å². The van der Waals surface area contributed by atoms with Gasteiger partial charge in [-0.2, -0.15) is 10.2 Å². The number of para-hydroxylation sites is 2. The van der Waals surface area contributed by atoms with Crippen LogP contribution in [-0.2, 0) is 15.1 Å². The van der Waals surface area contributed by atoms with Gasteiger partial charge in [0.05, 0.1) is 26.3 Å². The van der Waals surface area contributed by atoms with Gasteiger partial charge in [-0.1, -0.05) is 89.9 Å². The van der Waals surface area contributed by atoms with Gasteiger partial charge in [0.2, 0.25) is 0 Å². The highest BCUT2D eigenvalue weighted by Crippen LogP contribution is 2.44. The van der Waals surface area contributed by atoms with Crippen molar-refractivity contribution in [2.45, 2.75) is 5.54 Å². The Balaban J connectivity index is 1.74. The number of rotatable bonds is 6. The Bertz CT molecular complexity index is 1490. The van der Waals surface area contributed by atoms with Crippen LogP contribution in [0.15, 0.2) is 113 Å². The van der Waals surface area contributed by atoms with E-state index in [9.17, 15) is 19.7 Å². The number of hydrogen-bond acceptors (Lipinski definition) is 6. The molecule has 0 aromatic heterocycles. The van der Waals surface area contributed by atoms with Gasteiger partial charge >= 0.3 is 0 Å². The second-order valence-electron chi connectivity index (χ2n) is 8.20. The molecular weight excluding hydrogens is 529 g/mol. The molecule has 0 spiro atoms. The fourth-order valence-electron chi connectivity index (χ4n) is 4.13. The fraction of sp³-hybridized carbons (Fsp3) is 0.0370. The molecule has 0 saturated carbocycles. The third-order valence-electron chi connectivity index (χ3n) is 5.91. The van der Waals surface area contributed by atoms with Crippen LogP contribution in [0.5, 0.6) is 0 Å². The lowest BCUT2D eigenvalue weighted by atomic mass is 9.89. The summed E-state index contributed by atoms with van der Waals surface area (Å²) in [6, 6.07) is 27.8. The second-order valence-corrected chi connectivity index (χ2v) is 9.01. The summed E-state index contributed by atoms with van der Waals surface area (Å²) in [6.45, 7) is 0. The van der Waals surface area contributed by atoms with Crippen molar-refractivity contribution in [2.24, 2.45) is 10.2 Å². The van der Waals surface area contributed by atoms with E-state index in [4.69, 9.17) is 23.2 Å². The van der Waals surface area contributed by atoms with E-state index in [1.54, 1.807) is 91.0 Å². The number of anilines is 2. The summed E-state index contributed by atoms with van der Waals surface area (Å²) >= 11 is 12.5. The van der Waals surface area contributed by atoms with Crippen molar-refractivity contribution in [1.82, 2.24) is 0 Å². The van der Waals surface area contributed by atoms with E-state index in [-0.39, 0.29) is 27.0 Å². The number of halogens is 2. The minimum Gasteiger partial charge on any atom is -0.269 e. The molecule has 0 N–H and O–H groups in total. The van der Waals surface area contributed by atoms with E-state index < -0.39 is 22.3 Å². The summed E-state index contributed by atoms with van der Waals surface area (Å²) in [6.07, 6.45) is 0. The van der Waals surface area contributed by atoms with Crippen molar-refractivity contribution in [3.8, 4) is 0 Å². The molecule has 9 nitrogen and oxygen atoms in total. The monoisotopic (exact) mass is 545 g/mol. The van der Waals surface area contributed by atoms with Crippen LogP contribution < -0.4 is 10.0 Å². The molecule has 1 saturated heterocycles. The summed E-state index contributed by atoms with van der Waals surface area (Å²) < 4.78 is 0. The molecule has 0 aliphatic carbocycles. The lowest BCUT2D eigenvalue weighted by Gasteiger charge is -2.27. The molecule has 1 aliphatic rings. The summed E-state index contributed by atoms with van der Waals surface area (Å²) in [5, 5.41) is 21.8. The van der Waals surface area contributed by atoms with E-state index in [0.717, 1.165) is 12.1 Å². The van der Waals surface area contributed by atoms with Crippen molar-refractivity contribution in [3.63, 3.8) is 0 Å². The molecule has 1 aliphatic heterocycles. The van der Waals surface area contributed by atoms with E-state index in [0.29, 0.717) is 11.4 Å². The molecule has 0 radical (unpaired) electrons. The van der Waals surface area contributed by atoms with Crippen LogP contribution in [0.2, 0.25) is 10.0 Å². The predicted octanol–water partition coefficient (Wildman–Crippen LogP) is 6.88. The van der Waals surface area contributed by atoms with E-state index in [1.807, 2.05) is 0 Å². The molecule has 0 bridgehead atoms. The topological polar surface area (TPSA) is 108 Å². The van der Waals surface area contributed by atoms with Gasteiger partial charge in [0, 0.05) is 17.7 Å². The molecule has 5 rings (SSSR count). The molecule has 11 heteroatoms. The maximum Gasteiger partial charge on any atom is 0.290 e. The Morgan fingerprint density at radius 1 is 0.711 bits per heavy atom. The average Bonchev–Trinajstić information content (AvgIpc) is 3.16. The summed E-state index contributed by atoms with van der Waals surface area (Å²) in [4.78, 5) is 39.2. The minimum atomic E-state index is -2.14. The van der Waals surface area contributed by atoms with Gasteiger partial charge < -0.3 is 0 Å². The number of carbonyl (C=O) groups excluding carboxylic acids is 2. The number of benzene rings is 4. The zero-order chi connectivity index (χ0) is 26.9. The number of hydrogen-bond donors (Lipinski definition) is 0. The number of nitrogens with zero attached hydrogens (tertiary/aromatic N) is 5. The third kappa shape index (κ3) is 4.17. The van der Waals surface area contributed by atoms with Gasteiger partial charge in [-0.05, 0) is 24.3 Å². The van der Waals surface area contributed by atoms with Gasteiger partial charge in [-0.25, -0.2) is 10.0 Å². The van der Waals surface area contributed by atoms with Crippen LogP contribution in [0, 0.1) is 10.1 Å². The largest absolute Gasteiger partial charge is 0.290 e. The Labute approximate surface area is 226 Å². The minimum absolute atomic E-state index is 0.112. The van der Waals surface area contributed by atoms with E-state index >= 15 is 0 Å². The highest BCUT2D eigenvalue weighted by molar-refractivity contribution is 6.39. The SMILES string of the molecule is O=C1N(c2ccccc2)N(c2ccccc2)C(=O)C1(N=Nc1c(Cl)cc([N+](=O)[O-])cc1Cl)c1ccccc1. The Hall–Kier alpha value is -4.60. The standard InChI is InChI=1S/C27H17Cl2N5O4/c28-22-16-21(34(37)38)17-23(29)24(22)30-31-27(18-10-4-1-5-11-18)25(35)32(19-12-6-2-7-13-19)33(26(27)36)20-14-8-3-9-15-20/h1-17H. The van der Waals surface area contributed by atoms with E-state index in [1.165, 1.54) is 10.0 Å². The highest BCUT2D eigenvalue weighted by Gasteiger charge is 2.62. The normalized spacial score (nSPS) is 14.9. The maximum absolute atomic E-state index is 14.3. The molecule has 4 aromatic carbocycles. The first kappa shape index (κ1) is 25.1. The number of carbonyl (C=O) groups is 2. The number of non-ortho nitro benzene ring substituents is 1. The maximum atomic E-state index is 14.3. The Kier molecular flexibility index (Phi) is 6.62. The Morgan fingerprint density at radius 2 is 1.13 bits per heavy atom. The number of azo groups is 1. The van der Waals surface area contributed by atoms with Gasteiger partial charge in [-0.3, -0.25) is 19.7 Å². The lowest BCUT2D eigenvalue weighted by Crippen LogP contribution is -2.41. The summed E-state index contributed by atoms with van der Waals surface area (Å²) in [5.74, 6) is -1.36. The number of nitro benzene ring substituents is 1. The average molecular weight is 546 g/mol. The van der Waals surface area contributed by atoms with Crippen molar-refractivity contribution in [3.05, 3.63) is 129 Å². The number of nitro groups is 1. The van der Waals surface area contributed by atoms with Crippen LogP contribution in [0.4, 0.5) is 22.7 Å². The molecule has 1 heterocycles. The zero-order valence-corrected chi connectivity index (χ0v) is 21.0.